The van der Waals surface area contributed by atoms with Crippen molar-refractivity contribution in [1.82, 2.24) is 15.1 Å². The van der Waals surface area contributed by atoms with Crippen molar-refractivity contribution < 1.29 is 0 Å². The monoisotopic (exact) mass is 243 g/mol. The molecular formula is C12H22ClN3. The third-order valence-corrected chi connectivity index (χ3v) is 3.90. The van der Waals surface area contributed by atoms with Crippen LogP contribution in [0.4, 0.5) is 0 Å². The molecule has 0 spiro atoms. The molecule has 0 saturated carbocycles. The molecule has 0 saturated heterocycles. The van der Waals surface area contributed by atoms with E-state index in [1.165, 1.54) is 5.56 Å². The molecule has 2 unspecified atom stereocenters. The van der Waals surface area contributed by atoms with E-state index in [4.69, 9.17) is 11.6 Å². The Morgan fingerprint density at radius 2 is 2.12 bits per heavy atom. The zero-order chi connectivity index (χ0) is 12.3. The Morgan fingerprint density at radius 3 is 2.50 bits per heavy atom. The smallest absolute Gasteiger partial charge is 0.130 e. The molecule has 1 rings (SSSR count). The van der Waals surface area contributed by atoms with Gasteiger partial charge in [-0.05, 0) is 33.2 Å². The van der Waals surface area contributed by atoms with Crippen molar-refractivity contribution in [2.24, 2.45) is 13.0 Å². The average Bonchev–Trinajstić information content (AvgIpc) is 2.50. The highest BCUT2D eigenvalue weighted by molar-refractivity contribution is 6.30. The standard InChI is InChI=1S/C12H22ClN3/c1-6-10(8(2)14-4)7-11-9(3)15-16(5)12(11)13/h8,10,14H,6-7H2,1-5H3. The maximum Gasteiger partial charge on any atom is 0.130 e. The second kappa shape index (κ2) is 5.69. The molecule has 1 N–H and O–H groups in total. The summed E-state index contributed by atoms with van der Waals surface area (Å²) in [5.41, 5.74) is 2.24. The molecule has 0 aliphatic carbocycles. The fourth-order valence-corrected chi connectivity index (χ4v) is 2.33. The van der Waals surface area contributed by atoms with Gasteiger partial charge in [-0.2, -0.15) is 5.10 Å². The van der Waals surface area contributed by atoms with Crippen LogP contribution < -0.4 is 5.32 Å². The molecule has 1 heterocycles. The van der Waals surface area contributed by atoms with Crippen molar-refractivity contribution in [3.63, 3.8) is 0 Å². The van der Waals surface area contributed by atoms with Gasteiger partial charge in [-0.25, -0.2) is 0 Å². The van der Waals surface area contributed by atoms with Gasteiger partial charge in [0.15, 0.2) is 0 Å². The van der Waals surface area contributed by atoms with Gasteiger partial charge in [-0.3, -0.25) is 4.68 Å². The van der Waals surface area contributed by atoms with Gasteiger partial charge in [0, 0.05) is 18.7 Å². The number of rotatable bonds is 5. The van der Waals surface area contributed by atoms with Crippen LogP contribution in [0.5, 0.6) is 0 Å². The van der Waals surface area contributed by atoms with Gasteiger partial charge in [0.1, 0.15) is 5.15 Å². The van der Waals surface area contributed by atoms with Crippen LogP contribution in [-0.2, 0) is 13.5 Å². The maximum absolute atomic E-state index is 6.24. The summed E-state index contributed by atoms with van der Waals surface area (Å²) in [6, 6.07) is 0.501. The Labute approximate surface area is 103 Å². The predicted octanol–water partition coefficient (Wildman–Crippen LogP) is 2.56. The molecule has 0 aromatic carbocycles. The minimum absolute atomic E-state index is 0.501. The minimum Gasteiger partial charge on any atom is -0.317 e. The minimum atomic E-state index is 0.501. The number of nitrogens with zero attached hydrogens (tertiary/aromatic N) is 2. The zero-order valence-electron chi connectivity index (χ0n) is 10.8. The largest absolute Gasteiger partial charge is 0.317 e. The molecule has 1 aromatic rings. The lowest BCUT2D eigenvalue weighted by molar-refractivity contribution is 0.381. The van der Waals surface area contributed by atoms with Crippen molar-refractivity contribution >= 4 is 11.6 Å². The van der Waals surface area contributed by atoms with E-state index >= 15 is 0 Å². The van der Waals surface area contributed by atoms with Gasteiger partial charge in [0.05, 0.1) is 5.69 Å². The molecule has 16 heavy (non-hydrogen) atoms. The van der Waals surface area contributed by atoms with Crippen LogP contribution >= 0.6 is 11.6 Å². The highest BCUT2D eigenvalue weighted by Crippen LogP contribution is 2.24. The number of hydrogen-bond donors (Lipinski definition) is 1. The molecule has 3 nitrogen and oxygen atoms in total. The molecule has 2 atom stereocenters. The Hall–Kier alpha value is -0.540. The van der Waals surface area contributed by atoms with Gasteiger partial charge < -0.3 is 5.32 Å². The summed E-state index contributed by atoms with van der Waals surface area (Å²) in [6.45, 7) is 6.46. The van der Waals surface area contributed by atoms with Crippen LogP contribution in [0, 0.1) is 12.8 Å². The van der Waals surface area contributed by atoms with E-state index in [1.54, 1.807) is 4.68 Å². The topological polar surface area (TPSA) is 29.9 Å². The third kappa shape index (κ3) is 2.77. The molecule has 1 aromatic heterocycles. The lowest BCUT2D eigenvalue weighted by atomic mass is 9.91. The van der Waals surface area contributed by atoms with Crippen LogP contribution in [0.2, 0.25) is 5.15 Å². The highest BCUT2D eigenvalue weighted by Gasteiger charge is 2.19. The van der Waals surface area contributed by atoms with E-state index in [0.29, 0.717) is 12.0 Å². The molecule has 0 amide bonds. The van der Waals surface area contributed by atoms with E-state index in [1.807, 2.05) is 21.0 Å². The quantitative estimate of drug-likeness (QED) is 0.862. The summed E-state index contributed by atoms with van der Waals surface area (Å²) in [5.74, 6) is 0.602. The summed E-state index contributed by atoms with van der Waals surface area (Å²) in [4.78, 5) is 0. The number of halogens is 1. The Morgan fingerprint density at radius 1 is 1.50 bits per heavy atom. The Balaban J connectivity index is 2.85. The number of aryl methyl sites for hydroxylation is 2. The summed E-state index contributed by atoms with van der Waals surface area (Å²) < 4.78 is 1.75. The fourth-order valence-electron chi connectivity index (χ4n) is 2.08. The Kier molecular flexibility index (Phi) is 4.81. The second-order valence-electron chi connectivity index (χ2n) is 4.43. The summed E-state index contributed by atoms with van der Waals surface area (Å²) in [5, 5.41) is 8.44. The molecule has 4 heteroatoms. The molecule has 0 radical (unpaired) electrons. The number of hydrogen-bond acceptors (Lipinski definition) is 2. The second-order valence-corrected chi connectivity index (χ2v) is 4.79. The van der Waals surface area contributed by atoms with Crippen molar-refractivity contribution in [3.05, 3.63) is 16.4 Å². The Bertz CT molecular complexity index is 346. The van der Waals surface area contributed by atoms with Crippen molar-refractivity contribution in [2.75, 3.05) is 7.05 Å². The summed E-state index contributed by atoms with van der Waals surface area (Å²) >= 11 is 6.24. The number of aromatic nitrogens is 2. The summed E-state index contributed by atoms with van der Waals surface area (Å²) in [7, 11) is 3.90. The van der Waals surface area contributed by atoms with Crippen LogP contribution in [0.1, 0.15) is 31.5 Å². The van der Waals surface area contributed by atoms with Crippen molar-refractivity contribution in [3.8, 4) is 0 Å². The zero-order valence-corrected chi connectivity index (χ0v) is 11.6. The fraction of sp³-hybridized carbons (Fsp3) is 0.750. The first kappa shape index (κ1) is 13.5. The predicted molar refractivity (Wildman–Crippen MR) is 69.0 cm³/mol. The molecule has 0 aliphatic rings. The van der Waals surface area contributed by atoms with E-state index in [9.17, 15) is 0 Å². The normalized spacial score (nSPS) is 15.1. The number of nitrogens with one attached hydrogen (secondary N) is 1. The maximum atomic E-state index is 6.24. The van der Waals surface area contributed by atoms with E-state index in [-0.39, 0.29) is 0 Å². The first-order chi connectivity index (χ1) is 7.51. The van der Waals surface area contributed by atoms with Crippen LogP contribution in [-0.4, -0.2) is 22.9 Å². The molecule has 92 valence electrons. The first-order valence-electron chi connectivity index (χ1n) is 5.86. The highest BCUT2D eigenvalue weighted by atomic mass is 35.5. The lowest BCUT2D eigenvalue weighted by Crippen LogP contribution is -2.31. The third-order valence-electron chi connectivity index (χ3n) is 3.42. The SMILES string of the molecule is CCC(Cc1c(C)nn(C)c1Cl)C(C)NC. The van der Waals surface area contributed by atoms with E-state index < -0.39 is 0 Å². The van der Waals surface area contributed by atoms with Gasteiger partial charge in [0.2, 0.25) is 0 Å². The average molecular weight is 244 g/mol. The van der Waals surface area contributed by atoms with Gasteiger partial charge >= 0.3 is 0 Å². The van der Waals surface area contributed by atoms with Gasteiger partial charge in [-0.15, -0.1) is 0 Å². The molecular weight excluding hydrogens is 222 g/mol. The van der Waals surface area contributed by atoms with Crippen LogP contribution in [0.25, 0.3) is 0 Å². The first-order valence-corrected chi connectivity index (χ1v) is 6.24. The van der Waals surface area contributed by atoms with Crippen molar-refractivity contribution in [2.45, 2.75) is 39.7 Å². The summed E-state index contributed by atoms with van der Waals surface area (Å²) in [6.07, 6.45) is 2.14. The molecule has 0 fully saturated rings. The molecule has 0 bridgehead atoms. The van der Waals surface area contributed by atoms with Crippen LogP contribution in [0.15, 0.2) is 0 Å². The van der Waals surface area contributed by atoms with E-state index in [0.717, 1.165) is 23.7 Å². The van der Waals surface area contributed by atoms with Crippen LogP contribution in [0.3, 0.4) is 0 Å². The van der Waals surface area contributed by atoms with Gasteiger partial charge in [-0.1, -0.05) is 24.9 Å². The van der Waals surface area contributed by atoms with Gasteiger partial charge in [0.25, 0.3) is 0 Å². The van der Waals surface area contributed by atoms with E-state index in [2.05, 4.69) is 24.3 Å². The van der Waals surface area contributed by atoms with Crippen molar-refractivity contribution in [1.29, 1.82) is 0 Å². The lowest BCUT2D eigenvalue weighted by Gasteiger charge is -2.22. The molecule has 0 aliphatic heterocycles.